The molecule has 2 heterocycles. The summed E-state index contributed by atoms with van der Waals surface area (Å²) in [6.07, 6.45) is 3.11. The number of carboxylic acid groups (broad SMARTS) is 1. The molecule has 0 aliphatic carbocycles. The fourth-order valence-electron chi connectivity index (χ4n) is 1.92. The first-order chi connectivity index (χ1) is 9.00. The molecule has 7 heteroatoms. The standard InChI is InChI=1S/C12H17N5O2/c1-7(2)8(12(18)19)4-13-10-9-5-16-17(3)11(9)15-6-14-10/h5-8H,4H2,1-3H3,(H,18,19)(H,13,14,15). The molecule has 2 aromatic heterocycles. The molecule has 2 rings (SSSR count). The predicted molar refractivity (Wildman–Crippen MR) is 70.8 cm³/mol. The Morgan fingerprint density at radius 1 is 1.47 bits per heavy atom. The minimum atomic E-state index is -0.806. The first kappa shape index (κ1) is 13.3. The van der Waals surface area contributed by atoms with Crippen LogP contribution < -0.4 is 5.32 Å². The number of hydrogen-bond acceptors (Lipinski definition) is 5. The molecule has 1 atom stereocenters. The summed E-state index contributed by atoms with van der Waals surface area (Å²) in [5, 5.41) is 17.1. The maximum atomic E-state index is 11.1. The Balaban J connectivity index is 2.20. The molecule has 0 aliphatic heterocycles. The third-order valence-corrected chi connectivity index (χ3v) is 3.14. The maximum Gasteiger partial charge on any atom is 0.308 e. The molecule has 0 amide bonds. The number of nitrogens with one attached hydrogen (secondary N) is 1. The van der Waals surface area contributed by atoms with Crippen LogP contribution in [0.15, 0.2) is 12.5 Å². The highest BCUT2D eigenvalue weighted by Crippen LogP contribution is 2.19. The Kier molecular flexibility index (Phi) is 3.64. The highest BCUT2D eigenvalue weighted by Gasteiger charge is 2.21. The number of fused-ring (bicyclic) bond motifs is 1. The van der Waals surface area contributed by atoms with Gasteiger partial charge in [-0.2, -0.15) is 5.10 Å². The summed E-state index contributed by atoms with van der Waals surface area (Å²) < 4.78 is 1.65. The van der Waals surface area contributed by atoms with Gasteiger partial charge < -0.3 is 10.4 Å². The average molecular weight is 263 g/mol. The van der Waals surface area contributed by atoms with Crippen LogP contribution in [0.2, 0.25) is 0 Å². The van der Waals surface area contributed by atoms with Gasteiger partial charge in [0, 0.05) is 13.6 Å². The zero-order chi connectivity index (χ0) is 14.0. The number of carbonyl (C=O) groups is 1. The summed E-state index contributed by atoms with van der Waals surface area (Å²) in [7, 11) is 1.80. The molecule has 7 nitrogen and oxygen atoms in total. The molecule has 19 heavy (non-hydrogen) atoms. The van der Waals surface area contributed by atoms with Crippen molar-refractivity contribution in [2.45, 2.75) is 13.8 Å². The third-order valence-electron chi connectivity index (χ3n) is 3.14. The fourth-order valence-corrected chi connectivity index (χ4v) is 1.92. The third kappa shape index (κ3) is 2.64. The van der Waals surface area contributed by atoms with Gasteiger partial charge in [0.25, 0.3) is 0 Å². The van der Waals surface area contributed by atoms with E-state index in [-0.39, 0.29) is 5.92 Å². The van der Waals surface area contributed by atoms with Crippen LogP contribution in [0.1, 0.15) is 13.8 Å². The lowest BCUT2D eigenvalue weighted by atomic mass is 9.96. The Bertz CT molecular complexity index is 593. The van der Waals surface area contributed by atoms with Crippen molar-refractivity contribution < 1.29 is 9.90 Å². The molecule has 0 radical (unpaired) electrons. The lowest BCUT2D eigenvalue weighted by Gasteiger charge is -2.17. The van der Waals surface area contributed by atoms with Crippen LogP contribution in [-0.4, -0.2) is 37.4 Å². The van der Waals surface area contributed by atoms with Crippen molar-refractivity contribution >= 4 is 22.8 Å². The van der Waals surface area contributed by atoms with Gasteiger partial charge in [-0.3, -0.25) is 9.48 Å². The van der Waals surface area contributed by atoms with E-state index in [0.29, 0.717) is 18.0 Å². The van der Waals surface area contributed by atoms with Crippen LogP contribution in [0.3, 0.4) is 0 Å². The summed E-state index contributed by atoms with van der Waals surface area (Å²) in [5.41, 5.74) is 0.717. The second-order valence-corrected chi connectivity index (χ2v) is 4.80. The van der Waals surface area contributed by atoms with Gasteiger partial charge in [-0.25, -0.2) is 9.97 Å². The van der Waals surface area contributed by atoms with Crippen molar-refractivity contribution in [1.29, 1.82) is 0 Å². The molecular weight excluding hydrogens is 246 g/mol. The number of carboxylic acids is 1. The monoisotopic (exact) mass is 263 g/mol. The molecule has 0 saturated heterocycles. The van der Waals surface area contributed by atoms with E-state index in [4.69, 9.17) is 5.11 Å². The summed E-state index contributed by atoms with van der Waals surface area (Å²) in [5.74, 6) is -0.595. The van der Waals surface area contributed by atoms with Crippen molar-refractivity contribution in [2.24, 2.45) is 18.9 Å². The van der Waals surface area contributed by atoms with E-state index >= 15 is 0 Å². The Morgan fingerprint density at radius 2 is 2.21 bits per heavy atom. The summed E-state index contributed by atoms with van der Waals surface area (Å²) >= 11 is 0. The molecular formula is C12H17N5O2. The number of hydrogen-bond donors (Lipinski definition) is 2. The van der Waals surface area contributed by atoms with Gasteiger partial charge in [-0.05, 0) is 5.92 Å². The predicted octanol–water partition coefficient (Wildman–Crippen LogP) is 1.13. The van der Waals surface area contributed by atoms with Crippen molar-refractivity contribution in [3.63, 3.8) is 0 Å². The Hall–Kier alpha value is -2.18. The number of rotatable bonds is 5. The Labute approximate surface area is 110 Å². The largest absolute Gasteiger partial charge is 0.481 e. The van der Waals surface area contributed by atoms with E-state index < -0.39 is 11.9 Å². The highest BCUT2D eigenvalue weighted by molar-refractivity contribution is 5.86. The zero-order valence-electron chi connectivity index (χ0n) is 11.2. The molecule has 2 N–H and O–H groups in total. The average Bonchev–Trinajstić information content (AvgIpc) is 2.71. The van der Waals surface area contributed by atoms with Crippen molar-refractivity contribution in [3.05, 3.63) is 12.5 Å². The second-order valence-electron chi connectivity index (χ2n) is 4.80. The van der Waals surface area contributed by atoms with Crippen LogP contribution in [0.4, 0.5) is 5.82 Å². The SMILES string of the molecule is CC(C)C(CNc1ncnc2c1cnn2C)C(=O)O. The molecule has 0 aromatic carbocycles. The quantitative estimate of drug-likeness (QED) is 0.840. The van der Waals surface area contributed by atoms with Gasteiger partial charge in [0.05, 0.1) is 17.5 Å². The van der Waals surface area contributed by atoms with Gasteiger partial charge >= 0.3 is 5.97 Å². The van der Waals surface area contributed by atoms with Crippen LogP contribution in [-0.2, 0) is 11.8 Å². The normalized spacial score (nSPS) is 12.8. The first-order valence-corrected chi connectivity index (χ1v) is 6.10. The van der Waals surface area contributed by atoms with Crippen LogP contribution >= 0.6 is 0 Å². The maximum absolute atomic E-state index is 11.1. The topological polar surface area (TPSA) is 92.9 Å². The minimum absolute atomic E-state index is 0.0521. The molecule has 0 fully saturated rings. The summed E-state index contributed by atoms with van der Waals surface area (Å²) in [6, 6.07) is 0. The molecule has 102 valence electrons. The molecule has 0 aliphatic rings. The van der Waals surface area contributed by atoms with Crippen molar-refractivity contribution in [2.75, 3.05) is 11.9 Å². The zero-order valence-corrected chi connectivity index (χ0v) is 11.2. The number of aliphatic carboxylic acids is 1. The first-order valence-electron chi connectivity index (χ1n) is 6.10. The summed E-state index contributed by atoms with van der Waals surface area (Å²) in [6.45, 7) is 4.11. The number of nitrogens with zero attached hydrogens (tertiary/aromatic N) is 4. The number of aromatic nitrogens is 4. The fraction of sp³-hybridized carbons (Fsp3) is 0.500. The minimum Gasteiger partial charge on any atom is -0.481 e. The van der Waals surface area contributed by atoms with Crippen molar-refractivity contribution in [3.8, 4) is 0 Å². The van der Waals surface area contributed by atoms with Gasteiger partial charge in [0.1, 0.15) is 12.1 Å². The molecule has 0 bridgehead atoms. The highest BCUT2D eigenvalue weighted by atomic mass is 16.4. The van der Waals surface area contributed by atoms with E-state index in [0.717, 1.165) is 5.39 Å². The van der Waals surface area contributed by atoms with E-state index in [2.05, 4.69) is 20.4 Å². The van der Waals surface area contributed by atoms with E-state index in [1.165, 1.54) is 6.33 Å². The lowest BCUT2D eigenvalue weighted by Crippen LogP contribution is -2.27. The molecule has 0 spiro atoms. The van der Waals surface area contributed by atoms with Gasteiger partial charge in [0.15, 0.2) is 5.65 Å². The van der Waals surface area contributed by atoms with E-state index in [1.54, 1.807) is 17.9 Å². The molecule has 0 saturated carbocycles. The second kappa shape index (κ2) is 5.21. The Morgan fingerprint density at radius 3 is 2.84 bits per heavy atom. The molecule has 2 aromatic rings. The smallest absolute Gasteiger partial charge is 0.308 e. The summed E-state index contributed by atoms with van der Waals surface area (Å²) in [4.78, 5) is 19.4. The number of aryl methyl sites for hydroxylation is 1. The van der Waals surface area contributed by atoms with E-state index in [1.807, 2.05) is 13.8 Å². The molecule has 1 unspecified atom stereocenters. The number of anilines is 1. The lowest BCUT2D eigenvalue weighted by molar-refractivity contribution is -0.142. The van der Waals surface area contributed by atoms with Gasteiger partial charge in [-0.1, -0.05) is 13.8 Å². The van der Waals surface area contributed by atoms with Crippen molar-refractivity contribution in [1.82, 2.24) is 19.7 Å². The van der Waals surface area contributed by atoms with Crippen LogP contribution in [0.25, 0.3) is 11.0 Å². The van der Waals surface area contributed by atoms with E-state index in [9.17, 15) is 4.79 Å². The van der Waals surface area contributed by atoms with Gasteiger partial charge in [0.2, 0.25) is 0 Å². The van der Waals surface area contributed by atoms with Gasteiger partial charge in [-0.15, -0.1) is 0 Å². The van der Waals surface area contributed by atoms with Crippen LogP contribution in [0, 0.1) is 11.8 Å². The van der Waals surface area contributed by atoms with Crippen LogP contribution in [0.5, 0.6) is 0 Å².